The van der Waals surface area contributed by atoms with Gasteiger partial charge in [0.15, 0.2) is 11.6 Å². The Morgan fingerprint density at radius 3 is 2.43 bits per heavy atom. The van der Waals surface area contributed by atoms with Gasteiger partial charge in [-0.25, -0.2) is 9.97 Å². The lowest BCUT2D eigenvalue weighted by molar-refractivity contribution is 1.15. The summed E-state index contributed by atoms with van der Waals surface area (Å²) in [6, 6.07) is 18.6. The summed E-state index contributed by atoms with van der Waals surface area (Å²) < 4.78 is 0. The van der Waals surface area contributed by atoms with Gasteiger partial charge in [0.05, 0.1) is 6.21 Å². The number of anilines is 1. The molecule has 1 aromatic heterocycles. The van der Waals surface area contributed by atoms with Crippen LogP contribution >= 0.6 is 23.2 Å². The molecule has 0 atom stereocenters. The zero-order valence-corrected chi connectivity index (χ0v) is 13.5. The summed E-state index contributed by atoms with van der Waals surface area (Å²) in [5.74, 6) is 1.04. The number of hydrogen-bond acceptors (Lipinski definition) is 4. The van der Waals surface area contributed by atoms with Crippen LogP contribution in [0.2, 0.25) is 10.2 Å². The molecule has 4 nitrogen and oxygen atoms in total. The molecule has 0 saturated carbocycles. The molecule has 0 aliphatic rings. The Hall–Kier alpha value is -2.43. The molecule has 0 aliphatic carbocycles. The highest BCUT2D eigenvalue weighted by Gasteiger charge is 2.05. The van der Waals surface area contributed by atoms with Gasteiger partial charge in [-0.05, 0) is 6.07 Å². The minimum atomic E-state index is 0.342. The van der Waals surface area contributed by atoms with E-state index >= 15 is 0 Å². The van der Waals surface area contributed by atoms with Crippen molar-refractivity contribution in [2.75, 3.05) is 5.43 Å². The van der Waals surface area contributed by atoms with Gasteiger partial charge in [-0.1, -0.05) is 71.7 Å². The second kappa shape index (κ2) is 7.22. The van der Waals surface area contributed by atoms with Gasteiger partial charge < -0.3 is 0 Å². The average molecular weight is 343 g/mol. The first-order valence-electron chi connectivity index (χ1n) is 6.86. The Bertz CT molecular complexity index is 835. The van der Waals surface area contributed by atoms with Crippen LogP contribution in [0.15, 0.2) is 65.8 Å². The number of nitrogens with zero attached hydrogens (tertiary/aromatic N) is 3. The summed E-state index contributed by atoms with van der Waals surface area (Å²) in [5, 5.41) is 5.11. The van der Waals surface area contributed by atoms with Gasteiger partial charge in [0.25, 0.3) is 0 Å². The maximum absolute atomic E-state index is 6.07. The fraction of sp³-hybridized carbons (Fsp3) is 0. The molecule has 114 valence electrons. The number of benzene rings is 2. The fourth-order valence-electron chi connectivity index (χ4n) is 1.94. The van der Waals surface area contributed by atoms with E-state index < -0.39 is 0 Å². The number of aromatic nitrogens is 2. The number of hydrazone groups is 1. The number of hydrogen-bond donors (Lipinski definition) is 1. The molecule has 6 heteroatoms. The Kier molecular flexibility index (Phi) is 4.86. The first-order valence-corrected chi connectivity index (χ1v) is 7.61. The van der Waals surface area contributed by atoms with Crippen molar-refractivity contribution in [1.82, 2.24) is 9.97 Å². The highest BCUT2D eigenvalue weighted by molar-refractivity contribution is 6.33. The second-order valence-corrected chi connectivity index (χ2v) is 5.45. The van der Waals surface area contributed by atoms with Crippen molar-refractivity contribution in [2.45, 2.75) is 0 Å². The molecule has 0 amide bonds. The van der Waals surface area contributed by atoms with E-state index in [1.165, 1.54) is 0 Å². The van der Waals surface area contributed by atoms with Crippen LogP contribution in [0.5, 0.6) is 0 Å². The number of nitrogens with one attached hydrogen (secondary N) is 1. The quantitative estimate of drug-likeness (QED) is 0.417. The number of halogens is 2. The van der Waals surface area contributed by atoms with E-state index in [2.05, 4.69) is 20.5 Å². The Morgan fingerprint density at radius 1 is 0.913 bits per heavy atom. The van der Waals surface area contributed by atoms with E-state index in [0.29, 0.717) is 21.8 Å². The molecule has 0 radical (unpaired) electrons. The molecular formula is C17H12Cl2N4. The minimum absolute atomic E-state index is 0.342. The van der Waals surface area contributed by atoms with Crippen molar-refractivity contribution in [3.05, 3.63) is 76.4 Å². The predicted octanol–water partition coefficient (Wildman–Crippen LogP) is 4.90. The monoisotopic (exact) mass is 342 g/mol. The van der Waals surface area contributed by atoms with E-state index in [1.54, 1.807) is 18.3 Å². The van der Waals surface area contributed by atoms with Crippen LogP contribution in [0.1, 0.15) is 5.56 Å². The van der Waals surface area contributed by atoms with Crippen LogP contribution < -0.4 is 5.43 Å². The Morgan fingerprint density at radius 2 is 1.65 bits per heavy atom. The maximum Gasteiger partial charge on any atom is 0.163 e. The zero-order chi connectivity index (χ0) is 16.1. The molecule has 0 fully saturated rings. The van der Waals surface area contributed by atoms with Gasteiger partial charge in [0.1, 0.15) is 5.15 Å². The molecule has 3 aromatic rings. The first kappa shape index (κ1) is 15.5. The van der Waals surface area contributed by atoms with E-state index in [-0.39, 0.29) is 0 Å². The number of rotatable bonds is 4. The predicted molar refractivity (Wildman–Crippen MR) is 95.1 cm³/mol. The fourth-order valence-corrected chi connectivity index (χ4v) is 2.31. The highest BCUT2D eigenvalue weighted by atomic mass is 35.5. The SMILES string of the molecule is Clc1cc(N/N=C/c2ccccc2Cl)nc(-c2ccccc2)n1. The summed E-state index contributed by atoms with van der Waals surface area (Å²) in [6.07, 6.45) is 1.63. The average Bonchev–Trinajstić information content (AvgIpc) is 2.57. The lowest BCUT2D eigenvalue weighted by atomic mass is 10.2. The molecule has 0 unspecified atom stereocenters. The lowest BCUT2D eigenvalue weighted by Crippen LogP contribution is -1.97. The second-order valence-electron chi connectivity index (χ2n) is 4.66. The molecule has 0 bridgehead atoms. The van der Waals surface area contributed by atoms with Crippen molar-refractivity contribution in [3.8, 4) is 11.4 Å². The molecule has 1 N–H and O–H groups in total. The van der Waals surface area contributed by atoms with Gasteiger partial charge in [-0.3, -0.25) is 5.43 Å². The molecule has 0 spiro atoms. The summed E-state index contributed by atoms with van der Waals surface area (Å²) in [5.41, 5.74) is 4.54. The summed E-state index contributed by atoms with van der Waals surface area (Å²) in [6.45, 7) is 0. The van der Waals surface area contributed by atoms with Crippen molar-refractivity contribution >= 4 is 35.2 Å². The smallest absolute Gasteiger partial charge is 0.163 e. The zero-order valence-electron chi connectivity index (χ0n) is 11.9. The topological polar surface area (TPSA) is 50.2 Å². The first-order chi connectivity index (χ1) is 11.2. The van der Waals surface area contributed by atoms with Crippen LogP contribution in [0.25, 0.3) is 11.4 Å². The van der Waals surface area contributed by atoms with Gasteiger partial charge in [0.2, 0.25) is 0 Å². The summed E-state index contributed by atoms with van der Waals surface area (Å²) in [4.78, 5) is 8.63. The summed E-state index contributed by atoms with van der Waals surface area (Å²) >= 11 is 12.1. The van der Waals surface area contributed by atoms with Crippen LogP contribution in [0, 0.1) is 0 Å². The molecule has 0 saturated heterocycles. The maximum atomic E-state index is 6.07. The van der Waals surface area contributed by atoms with Crippen LogP contribution in [0.4, 0.5) is 5.82 Å². The molecule has 2 aromatic carbocycles. The van der Waals surface area contributed by atoms with Gasteiger partial charge >= 0.3 is 0 Å². The minimum Gasteiger partial charge on any atom is -0.261 e. The largest absolute Gasteiger partial charge is 0.261 e. The molecule has 23 heavy (non-hydrogen) atoms. The van der Waals surface area contributed by atoms with E-state index in [9.17, 15) is 0 Å². The Labute approximate surface area is 143 Å². The van der Waals surface area contributed by atoms with E-state index in [4.69, 9.17) is 23.2 Å². The third-order valence-electron chi connectivity index (χ3n) is 3.01. The van der Waals surface area contributed by atoms with E-state index in [1.807, 2.05) is 48.5 Å². The van der Waals surface area contributed by atoms with Gasteiger partial charge in [-0.15, -0.1) is 0 Å². The van der Waals surface area contributed by atoms with Gasteiger partial charge in [0, 0.05) is 22.2 Å². The van der Waals surface area contributed by atoms with Crippen LogP contribution in [-0.2, 0) is 0 Å². The summed E-state index contributed by atoms with van der Waals surface area (Å²) in [7, 11) is 0. The molecule has 1 heterocycles. The van der Waals surface area contributed by atoms with Gasteiger partial charge in [-0.2, -0.15) is 5.10 Å². The van der Waals surface area contributed by atoms with Crippen molar-refractivity contribution in [1.29, 1.82) is 0 Å². The van der Waals surface area contributed by atoms with Crippen molar-refractivity contribution < 1.29 is 0 Å². The van der Waals surface area contributed by atoms with Crippen molar-refractivity contribution in [3.63, 3.8) is 0 Å². The Balaban J connectivity index is 1.81. The highest BCUT2D eigenvalue weighted by Crippen LogP contribution is 2.20. The van der Waals surface area contributed by atoms with Crippen molar-refractivity contribution in [2.24, 2.45) is 5.10 Å². The molecule has 3 rings (SSSR count). The third kappa shape index (κ3) is 4.06. The molecular weight excluding hydrogens is 331 g/mol. The standard InChI is InChI=1S/C17H12Cl2N4/c18-14-9-5-4-8-13(14)11-20-23-16-10-15(19)21-17(22-16)12-6-2-1-3-7-12/h1-11H,(H,21,22,23)/b20-11+. The van der Waals surface area contributed by atoms with E-state index in [0.717, 1.165) is 11.1 Å². The van der Waals surface area contributed by atoms with Crippen LogP contribution in [-0.4, -0.2) is 16.2 Å². The normalized spacial score (nSPS) is 10.9. The molecule has 0 aliphatic heterocycles. The van der Waals surface area contributed by atoms with Crippen LogP contribution in [0.3, 0.4) is 0 Å². The third-order valence-corrected chi connectivity index (χ3v) is 3.55. The lowest BCUT2D eigenvalue weighted by Gasteiger charge is -2.04.